The molecular weight excluding hydrogens is 1710 g/mol. The number of nitrogens with one attached hydrogen (secondary N) is 2. The lowest BCUT2D eigenvalue weighted by Crippen LogP contribution is -2.00. The van der Waals surface area contributed by atoms with Gasteiger partial charge in [-0.25, -0.2) is 28.4 Å². The van der Waals surface area contributed by atoms with Crippen molar-refractivity contribution < 1.29 is 0 Å². The molecule has 139 heavy (non-hydrogen) atoms. The van der Waals surface area contributed by atoms with Crippen LogP contribution in [-0.4, -0.2) is 87.3 Å². The van der Waals surface area contributed by atoms with Crippen molar-refractivity contribution in [2.45, 2.75) is 127 Å². The van der Waals surface area contributed by atoms with Gasteiger partial charge in [0.05, 0.1) is 111 Å². The lowest BCUT2D eigenvalue weighted by Gasteiger charge is -2.11. The topological polar surface area (TPSA) is 166 Å². The van der Waals surface area contributed by atoms with Gasteiger partial charge in [-0.05, 0) is 303 Å². The van der Waals surface area contributed by atoms with E-state index in [-0.39, 0.29) is 0 Å². The van der Waals surface area contributed by atoms with Crippen LogP contribution in [0.5, 0.6) is 0 Å². The van der Waals surface area contributed by atoms with E-state index in [1.54, 1.807) is 0 Å². The first kappa shape index (κ1) is 86.4. The molecule has 682 valence electrons. The van der Waals surface area contributed by atoms with Crippen LogP contribution in [0.15, 0.2) is 352 Å². The van der Waals surface area contributed by atoms with E-state index < -0.39 is 0 Å². The Hall–Kier alpha value is -16.7. The van der Waals surface area contributed by atoms with Crippen LogP contribution >= 0.6 is 0 Å². The number of aromatic amines is 2. The third kappa shape index (κ3) is 15.8. The monoisotopic (exact) mass is 1810 g/mol. The van der Waals surface area contributed by atoms with Gasteiger partial charge in [-0.2, -0.15) is 30.6 Å². The van der Waals surface area contributed by atoms with Crippen molar-refractivity contribution >= 4 is 109 Å². The first-order valence-electron chi connectivity index (χ1n) is 48.6. The fourth-order valence-corrected chi connectivity index (χ4v) is 21.1. The predicted octanol–water partition coefficient (Wildman–Crippen LogP) is 29.1. The van der Waals surface area contributed by atoms with Crippen LogP contribution in [0.4, 0.5) is 0 Å². The second-order valence-corrected chi connectivity index (χ2v) is 37.2. The number of hydrogen-bond acceptors (Lipinski definition) is 7. The number of allylic oxidation sites excluding steroid dienone is 4. The molecule has 13 aromatic carbocycles. The molecule has 0 bridgehead atoms. The molecule has 11 aromatic heterocycles. The summed E-state index contributed by atoms with van der Waals surface area (Å²) in [4.78, 5) is 11.4. The molecule has 1 fully saturated rings. The number of hydrogen-bond donors (Lipinski definition) is 2. The van der Waals surface area contributed by atoms with Crippen LogP contribution < -0.4 is 0 Å². The molecule has 11 heterocycles. The Morgan fingerprint density at radius 2 is 0.698 bits per heavy atom. The number of nitrogens with zero attached hydrogens (tertiary/aromatic N) is 16. The van der Waals surface area contributed by atoms with Crippen molar-refractivity contribution in [2.75, 3.05) is 0 Å². The first-order chi connectivity index (χ1) is 68.1. The molecule has 0 atom stereocenters. The summed E-state index contributed by atoms with van der Waals surface area (Å²) in [6.45, 7) is 24.6. The maximum Gasteiger partial charge on any atom is 0.106 e. The van der Waals surface area contributed by atoms with E-state index in [2.05, 4.69) is 436 Å². The van der Waals surface area contributed by atoms with Gasteiger partial charge >= 0.3 is 0 Å². The van der Waals surface area contributed by atoms with E-state index >= 15 is 0 Å². The van der Waals surface area contributed by atoms with E-state index in [4.69, 9.17) is 0 Å². The lowest BCUT2D eigenvalue weighted by atomic mass is 10.0. The highest BCUT2D eigenvalue weighted by Crippen LogP contribution is 2.44. The Kier molecular flexibility index (Phi) is 22.3. The molecule has 0 saturated heterocycles. The van der Waals surface area contributed by atoms with Crippen molar-refractivity contribution in [3.05, 3.63) is 397 Å². The summed E-state index contributed by atoms with van der Waals surface area (Å²) in [5.41, 5.74) is 44.0. The average molecular weight is 1810 g/mol. The zero-order chi connectivity index (χ0) is 94.4. The number of para-hydroxylation sites is 3. The maximum absolute atomic E-state index is 4.66. The highest BCUT2D eigenvalue weighted by molar-refractivity contribution is 6.11. The molecule has 18 heteroatoms. The molecule has 0 aliphatic heterocycles. The van der Waals surface area contributed by atoms with Crippen LogP contribution in [-0.2, 0) is 45.9 Å². The molecule has 0 radical (unpaired) electrons. The smallest absolute Gasteiger partial charge is 0.106 e. The average Bonchev–Trinajstić information content (AvgIpc) is 1.60. The third-order valence-electron chi connectivity index (χ3n) is 28.7. The highest BCUT2D eigenvalue weighted by Gasteiger charge is 2.26. The third-order valence-corrected chi connectivity index (χ3v) is 28.7. The molecule has 1 saturated carbocycles. The molecule has 0 amide bonds. The van der Waals surface area contributed by atoms with Crippen molar-refractivity contribution in [1.82, 2.24) is 87.3 Å². The zero-order valence-corrected chi connectivity index (χ0v) is 80.2. The van der Waals surface area contributed by atoms with Gasteiger partial charge in [-0.15, -0.1) is 0 Å². The molecular formula is C121H108N18. The van der Waals surface area contributed by atoms with Crippen LogP contribution in [0.1, 0.15) is 119 Å². The summed E-state index contributed by atoms with van der Waals surface area (Å²) < 4.78 is 19.2. The molecule has 0 spiro atoms. The molecule has 24 aromatic rings. The van der Waals surface area contributed by atoms with Crippen molar-refractivity contribution in [3.8, 4) is 84.7 Å². The van der Waals surface area contributed by atoms with Gasteiger partial charge in [0.1, 0.15) is 5.82 Å². The van der Waals surface area contributed by atoms with Crippen LogP contribution in [0, 0.1) is 13.8 Å². The summed E-state index contributed by atoms with van der Waals surface area (Å²) in [6, 6.07) is 109. The second kappa shape index (κ2) is 35.8. The normalized spacial score (nSPS) is 12.9. The minimum atomic E-state index is 0.800. The largest absolute Gasteiger partial charge is 0.359 e. The molecule has 2 N–H and O–H groups in total. The van der Waals surface area contributed by atoms with Crippen molar-refractivity contribution in [3.63, 3.8) is 0 Å². The van der Waals surface area contributed by atoms with Gasteiger partial charge in [0.15, 0.2) is 0 Å². The summed E-state index contributed by atoms with van der Waals surface area (Å²) in [7, 11) is 1.97. The van der Waals surface area contributed by atoms with E-state index in [0.29, 0.717) is 0 Å². The molecule has 27 rings (SSSR count). The number of imidazole rings is 1. The standard InChI is InChI=1S/C26H23N5.C26H22N4.C25H21N5.C23H22N2.C21H20N2/c1-3-26-28-21-11-9-17(15-22(21)29-26)23-13-14-27-31(23)18-10-12-25-20(16-18)19-7-5-6-8-24(19)30(25)4-2;1-3-29-25-7-5-4-6-21(25)22-16-20(9-11-26(22)29)30-24(12-13-27-30)18-8-10-23-19(15-18)14-17(2)28-23;1-3-29-24-7-5-4-6-20(24)21-15-19(9-11-25(21)29)30-23(12-13-26-30)17-8-10-22-18(14-17)16-27-28(22)2;1-15-13-20-9-10-21(14-22(20)16(15)2)25-23(11-12-24-25)19-7-5-18(6-8-19)17-3-4-17;1-14-4-6-17(7-5-14)21-10-11-22-23(21)19-9-8-18-12-15(2)16(3)20(18)13-19/h5-16H,3-4H2,1-2H3,(H,28,29);4-16,28H,3H2,1-2H3;4-16H,3H2,1-2H3;5-12,14,17H,3-4,13H2,1-2H3;4-11,13H,12H2,1-3H3. The van der Waals surface area contributed by atoms with Gasteiger partial charge in [0, 0.05) is 148 Å². The van der Waals surface area contributed by atoms with Gasteiger partial charge in [-0.3, -0.25) is 4.68 Å². The fourth-order valence-electron chi connectivity index (χ4n) is 21.1. The van der Waals surface area contributed by atoms with E-state index in [0.717, 1.165) is 152 Å². The van der Waals surface area contributed by atoms with E-state index in [1.807, 2.05) is 67.6 Å². The summed E-state index contributed by atoms with van der Waals surface area (Å²) in [5, 5.41) is 37.5. The maximum atomic E-state index is 4.66. The summed E-state index contributed by atoms with van der Waals surface area (Å²) >= 11 is 0. The Balaban J connectivity index is 0.0000000975. The van der Waals surface area contributed by atoms with E-state index in [1.165, 1.54) is 156 Å². The summed E-state index contributed by atoms with van der Waals surface area (Å²) in [5.74, 6) is 1.81. The van der Waals surface area contributed by atoms with Gasteiger partial charge in [0.2, 0.25) is 0 Å². The second-order valence-electron chi connectivity index (χ2n) is 37.2. The molecule has 3 aliphatic rings. The first-order valence-corrected chi connectivity index (χ1v) is 48.6. The predicted molar refractivity (Wildman–Crippen MR) is 572 cm³/mol. The Bertz CT molecular complexity index is 8750. The minimum Gasteiger partial charge on any atom is -0.359 e. The fraction of sp³-hybridized carbons (Fsp3) is 0.165. The molecule has 18 nitrogen and oxygen atoms in total. The molecule has 0 unspecified atom stereocenters. The summed E-state index contributed by atoms with van der Waals surface area (Å²) in [6.07, 6.45) is 17.0. The Morgan fingerprint density at radius 1 is 0.317 bits per heavy atom. The number of rotatable bonds is 15. The number of fused-ring (bicyclic) bond motifs is 14. The van der Waals surface area contributed by atoms with E-state index in [9.17, 15) is 0 Å². The van der Waals surface area contributed by atoms with Crippen molar-refractivity contribution in [1.29, 1.82) is 0 Å². The van der Waals surface area contributed by atoms with Gasteiger partial charge in [-0.1, -0.05) is 157 Å². The Morgan fingerprint density at radius 3 is 1.14 bits per heavy atom. The number of benzene rings is 13. The minimum absolute atomic E-state index is 0.800. The molecule has 3 aliphatic carbocycles. The highest BCUT2D eigenvalue weighted by atomic mass is 15.3. The van der Waals surface area contributed by atoms with Gasteiger partial charge < -0.3 is 23.7 Å². The van der Waals surface area contributed by atoms with Crippen molar-refractivity contribution in [2.24, 2.45) is 7.05 Å². The number of H-pyrrole nitrogens is 2. The van der Waals surface area contributed by atoms with Gasteiger partial charge in [0.25, 0.3) is 0 Å². The van der Waals surface area contributed by atoms with Crippen LogP contribution in [0.25, 0.3) is 194 Å². The number of aromatic nitrogens is 18. The number of aryl methyl sites for hydroxylation is 7. The van der Waals surface area contributed by atoms with Crippen LogP contribution in [0.2, 0.25) is 0 Å². The zero-order valence-electron chi connectivity index (χ0n) is 80.2. The van der Waals surface area contributed by atoms with Crippen LogP contribution in [0.3, 0.4) is 0 Å². The lowest BCUT2D eigenvalue weighted by molar-refractivity contribution is 0.797. The SMILES string of the molecule is CC1=C(C)c2cc(-n3nccc3-c3ccc(C)cc3)ccc2C1.CC1=C(C)c2cc(-n3nccc3-c3ccc(C4CC4)cc3)ccc2C1.CCc1nc2ccc(-c3ccnn3-c3ccc4c(c3)c3ccccc3n4CC)cc2[nH]1.CCn1c2ccccc2c2cc(-n3nccc3-c3ccc4[nH]c(C)cc4c3)ccc21.CCn1c2ccccc2c2cc(-n3nccc3-c3ccc4c(cnn4C)c3)ccc21. The Labute approximate surface area is 806 Å². The quantitative estimate of drug-likeness (QED) is 0.103.